The lowest BCUT2D eigenvalue weighted by molar-refractivity contribution is 0.625. The van der Waals surface area contributed by atoms with Crippen molar-refractivity contribution in [2.75, 3.05) is 31.6 Å². The highest BCUT2D eigenvalue weighted by atomic mass is 19.1. The average Bonchev–Trinajstić information content (AvgIpc) is 3.20. The van der Waals surface area contributed by atoms with Crippen molar-refractivity contribution in [1.29, 1.82) is 0 Å². The molecule has 0 atom stereocenters. The molecule has 0 saturated heterocycles. The SMILES string of the molecule is CN=C(NCCc1cccc(F)c1)NCc1ccc(N2CC=CC2)cc1. The summed E-state index contributed by atoms with van der Waals surface area (Å²) in [4.78, 5) is 6.56. The van der Waals surface area contributed by atoms with Crippen LogP contribution in [0.4, 0.5) is 10.1 Å². The first kappa shape index (κ1) is 18.0. The fraction of sp³-hybridized carbons (Fsp3) is 0.286. The molecule has 0 aliphatic carbocycles. The zero-order valence-electron chi connectivity index (χ0n) is 15.1. The van der Waals surface area contributed by atoms with Crippen molar-refractivity contribution in [1.82, 2.24) is 10.6 Å². The zero-order valence-corrected chi connectivity index (χ0v) is 15.1. The number of nitrogens with one attached hydrogen (secondary N) is 2. The summed E-state index contributed by atoms with van der Waals surface area (Å²) in [5.41, 5.74) is 3.42. The van der Waals surface area contributed by atoms with Gasteiger partial charge in [0, 0.05) is 38.9 Å². The van der Waals surface area contributed by atoms with E-state index in [2.05, 4.69) is 56.9 Å². The topological polar surface area (TPSA) is 39.7 Å². The number of anilines is 1. The van der Waals surface area contributed by atoms with Crippen molar-refractivity contribution in [3.05, 3.63) is 77.6 Å². The molecule has 0 amide bonds. The molecule has 4 nitrogen and oxygen atoms in total. The highest BCUT2D eigenvalue weighted by Crippen LogP contribution is 2.17. The molecule has 5 heteroatoms. The molecule has 0 aromatic heterocycles. The van der Waals surface area contributed by atoms with Crippen molar-refractivity contribution in [2.24, 2.45) is 4.99 Å². The van der Waals surface area contributed by atoms with Crippen LogP contribution in [0.3, 0.4) is 0 Å². The summed E-state index contributed by atoms with van der Waals surface area (Å²) in [6.45, 7) is 3.38. The minimum absolute atomic E-state index is 0.196. The molecule has 2 N–H and O–H groups in total. The van der Waals surface area contributed by atoms with Gasteiger partial charge in [0.2, 0.25) is 0 Å². The maximum Gasteiger partial charge on any atom is 0.191 e. The van der Waals surface area contributed by atoms with Gasteiger partial charge in [0.05, 0.1) is 0 Å². The van der Waals surface area contributed by atoms with Gasteiger partial charge >= 0.3 is 0 Å². The lowest BCUT2D eigenvalue weighted by Gasteiger charge is -2.18. The van der Waals surface area contributed by atoms with Crippen molar-refractivity contribution in [3.63, 3.8) is 0 Å². The van der Waals surface area contributed by atoms with Gasteiger partial charge < -0.3 is 15.5 Å². The summed E-state index contributed by atoms with van der Waals surface area (Å²) in [7, 11) is 1.75. The molecule has 26 heavy (non-hydrogen) atoms. The zero-order chi connectivity index (χ0) is 18.2. The van der Waals surface area contributed by atoms with Gasteiger partial charge in [0.1, 0.15) is 5.82 Å². The lowest BCUT2D eigenvalue weighted by Crippen LogP contribution is -2.37. The summed E-state index contributed by atoms with van der Waals surface area (Å²) < 4.78 is 13.2. The minimum atomic E-state index is -0.196. The van der Waals surface area contributed by atoms with E-state index in [1.807, 2.05) is 6.07 Å². The van der Waals surface area contributed by atoms with E-state index in [-0.39, 0.29) is 5.82 Å². The van der Waals surface area contributed by atoms with Gasteiger partial charge in [0.25, 0.3) is 0 Å². The monoisotopic (exact) mass is 352 g/mol. The van der Waals surface area contributed by atoms with E-state index >= 15 is 0 Å². The first-order chi connectivity index (χ1) is 12.7. The number of aliphatic imine (C=N–C) groups is 1. The van der Waals surface area contributed by atoms with Crippen molar-refractivity contribution in [2.45, 2.75) is 13.0 Å². The standard InChI is InChI=1S/C21H25FN4/c1-23-21(24-12-11-17-5-4-6-19(22)15-17)25-16-18-7-9-20(10-8-18)26-13-2-3-14-26/h2-10,15H,11-14,16H2,1H3,(H2,23,24,25). The number of hydrogen-bond donors (Lipinski definition) is 2. The van der Waals surface area contributed by atoms with Gasteiger partial charge in [-0.05, 0) is 41.8 Å². The number of guanidine groups is 1. The Balaban J connectivity index is 1.43. The summed E-state index contributed by atoms with van der Waals surface area (Å²) in [5.74, 6) is 0.549. The second-order valence-electron chi connectivity index (χ2n) is 6.28. The molecule has 1 aliphatic rings. The van der Waals surface area contributed by atoms with Gasteiger partial charge in [-0.3, -0.25) is 4.99 Å². The van der Waals surface area contributed by atoms with E-state index < -0.39 is 0 Å². The third-order valence-corrected chi connectivity index (χ3v) is 4.40. The van der Waals surface area contributed by atoms with Crippen LogP contribution in [0.5, 0.6) is 0 Å². The molecule has 0 radical (unpaired) electrons. The third-order valence-electron chi connectivity index (χ3n) is 4.40. The smallest absolute Gasteiger partial charge is 0.191 e. The Bertz CT molecular complexity index is 760. The normalized spacial score (nSPS) is 13.9. The quantitative estimate of drug-likeness (QED) is 0.477. The van der Waals surface area contributed by atoms with Crippen molar-refractivity contribution in [3.8, 4) is 0 Å². The van der Waals surface area contributed by atoms with Crippen LogP contribution in [-0.4, -0.2) is 32.6 Å². The Labute approximate surface area is 154 Å². The molecule has 2 aromatic carbocycles. The lowest BCUT2D eigenvalue weighted by atomic mass is 10.1. The van der Waals surface area contributed by atoms with E-state index in [1.165, 1.54) is 17.3 Å². The summed E-state index contributed by atoms with van der Waals surface area (Å²) >= 11 is 0. The van der Waals surface area contributed by atoms with Crippen molar-refractivity contribution < 1.29 is 4.39 Å². The predicted octanol–water partition coefficient (Wildman–Crippen LogP) is 3.11. The van der Waals surface area contributed by atoms with Gasteiger partial charge in [-0.1, -0.05) is 36.4 Å². The maximum absolute atomic E-state index is 13.2. The Morgan fingerprint density at radius 2 is 1.81 bits per heavy atom. The van der Waals surface area contributed by atoms with Crippen LogP contribution in [0.2, 0.25) is 0 Å². The summed E-state index contributed by atoms with van der Waals surface area (Å²) in [5, 5.41) is 6.57. The molecule has 0 saturated carbocycles. The molecular weight excluding hydrogens is 327 g/mol. The molecule has 1 aliphatic heterocycles. The molecule has 0 fully saturated rings. The number of benzene rings is 2. The second kappa shape index (κ2) is 9.04. The minimum Gasteiger partial charge on any atom is -0.364 e. The highest BCUT2D eigenvalue weighted by Gasteiger charge is 2.07. The fourth-order valence-corrected chi connectivity index (χ4v) is 2.94. The number of hydrogen-bond acceptors (Lipinski definition) is 2. The van der Waals surface area contributed by atoms with Crippen LogP contribution < -0.4 is 15.5 Å². The predicted molar refractivity (Wildman–Crippen MR) is 106 cm³/mol. The van der Waals surface area contributed by atoms with E-state index in [1.54, 1.807) is 19.2 Å². The van der Waals surface area contributed by atoms with Crippen LogP contribution in [0.25, 0.3) is 0 Å². The van der Waals surface area contributed by atoms with Gasteiger partial charge in [-0.15, -0.1) is 0 Å². The van der Waals surface area contributed by atoms with Crippen LogP contribution in [0, 0.1) is 5.82 Å². The average molecular weight is 352 g/mol. The number of halogens is 1. The molecule has 3 rings (SSSR count). The highest BCUT2D eigenvalue weighted by molar-refractivity contribution is 5.79. The Morgan fingerprint density at radius 1 is 1.04 bits per heavy atom. The molecule has 0 bridgehead atoms. The Hall–Kier alpha value is -2.82. The van der Waals surface area contributed by atoms with Gasteiger partial charge in [-0.25, -0.2) is 4.39 Å². The number of rotatable bonds is 6. The van der Waals surface area contributed by atoms with Crippen molar-refractivity contribution >= 4 is 11.6 Å². The second-order valence-corrected chi connectivity index (χ2v) is 6.28. The summed E-state index contributed by atoms with van der Waals surface area (Å²) in [6, 6.07) is 15.3. The maximum atomic E-state index is 13.2. The van der Waals surface area contributed by atoms with E-state index in [4.69, 9.17) is 0 Å². The summed E-state index contributed by atoms with van der Waals surface area (Å²) in [6.07, 6.45) is 5.13. The largest absolute Gasteiger partial charge is 0.364 e. The molecule has 2 aromatic rings. The van der Waals surface area contributed by atoms with Gasteiger partial charge in [-0.2, -0.15) is 0 Å². The molecule has 136 valence electrons. The molecule has 0 unspecified atom stereocenters. The van der Waals surface area contributed by atoms with Crippen LogP contribution in [0.1, 0.15) is 11.1 Å². The Morgan fingerprint density at radius 3 is 2.50 bits per heavy atom. The molecule has 0 spiro atoms. The van der Waals surface area contributed by atoms with Crippen LogP contribution in [0.15, 0.2) is 65.7 Å². The molecule has 1 heterocycles. The first-order valence-corrected chi connectivity index (χ1v) is 8.92. The Kier molecular flexibility index (Phi) is 6.25. The van der Waals surface area contributed by atoms with Crippen LogP contribution in [-0.2, 0) is 13.0 Å². The fourth-order valence-electron chi connectivity index (χ4n) is 2.94. The van der Waals surface area contributed by atoms with E-state index in [0.29, 0.717) is 13.1 Å². The third kappa shape index (κ3) is 5.09. The molecular formula is C21H25FN4. The first-order valence-electron chi connectivity index (χ1n) is 8.92. The van der Waals surface area contributed by atoms with Gasteiger partial charge in [0.15, 0.2) is 5.96 Å². The number of nitrogens with zero attached hydrogens (tertiary/aromatic N) is 2. The van der Waals surface area contributed by atoms with Crippen LogP contribution >= 0.6 is 0 Å². The van der Waals surface area contributed by atoms with E-state index in [9.17, 15) is 4.39 Å². The van der Waals surface area contributed by atoms with E-state index in [0.717, 1.165) is 31.0 Å².